The maximum atomic E-state index is 13.3. The van der Waals surface area contributed by atoms with Gasteiger partial charge in [0.2, 0.25) is 5.75 Å². The van der Waals surface area contributed by atoms with E-state index < -0.39 is 28.9 Å². The van der Waals surface area contributed by atoms with Crippen molar-refractivity contribution >= 4 is 11.6 Å². The zero-order valence-corrected chi connectivity index (χ0v) is 15.6. The van der Waals surface area contributed by atoms with Crippen LogP contribution in [0.2, 0.25) is 0 Å². The van der Waals surface area contributed by atoms with E-state index in [-0.39, 0.29) is 11.8 Å². The first-order valence-corrected chi connectivity index (χ1v) is 8.71. The molecule has 2 aromatic rings. The third kappa shape index (κ3) is 6.06. The van der Waals surface area contributed by atoms with Crippen molar-refractivity contribution in [2.75, 3.05) is 6.61 Å². The highest BCUT2D eigenvalue weighted by Crippen LogP contribution is 2.27. The summed E-state index contributed by atoms with van der Waals surface area (Å²) in [4.78, 5) is 22.3. The summed E-state index contributed by atoms with van der Waals surface area (Å²) in [5.41, 5.74) is 1.78. The van der Waals surface area contributed by atoms with Gasteiger partial charge in [-0.25, -0.2) is 4.39 Å². The van der Waals surface area contributed by atoms with Gasteiger partial charge in [0, 0.05) is 12.1 Å². The minimum Gasteiger partial charge on any atom is -0.477 e. The molecule has 0 aliphatic heterocycles. The molecule has 0 aromatic heterocycles. The summed E-state index contributed by atoms with van der Waals surface area (Å²) >= 11 is 0. The lowest BCUT2D eigenvalue weighted by molar-refractivity contribution is -0.385. The number of nitrogens with zero attached hydrogens (tertiary/aromatic N) is 1. The summed E-state index contributed by atoms with van der Waals surface area (Å²) in [6.07, 6.45) is 0.987. The van der Waals surface area contributed by atoms with Crippen molar-refractivity contribution in [1.29, 1.82) is 0 Å². The molecule has 0 aliphatic carbocycles. The van der Waals surface area contributed by atoms with E-state index in [0.29, 0.717) is 5.92 Å². The third-order valence-electron chi connectivity index (χ3n) is 3.98. The molecule has 1 unspecified atom stereocenters. The van der Waals surface area contributed by atoms with E-state index in [1.54, 1.807) is 0 Å². The van der Waals surface area contributed by atoms with Gasteiger partial charge >= 0.3 is 5.69 Å². The fourth-order valence-electron chi connectivity index (χ4n) is 2.68. The average molecular weight is 374 g/mol. The molecular weight excluding hydrogens is 351 g/mol. The predicted octanol–water partition coefficient (Wildman–Crippen LogP) is 4.19. The minimum atomic E-state index is -0.686. The lowest BCUT2D eigenvalue weighted by Crippen LogP contribution is -2.31. The van der Waals surface area contributed by atoms with Gasteiger partial charge in [0.05, 0.1) is 11.0 Å². The van der Waals surface area contributed by atoms with Crippen LogP contribution in [-0.2, 0) is 11.2 Å². The summed E-state index contributed by atoms with van der Waals surface area (Å²) in [5.74, 6) is -0.837. The van der Waals surface area contributed by atoms with Crippen molar-refractivity contribution in [3.05, 3.63) is 69.5 Å². The van der Waals surface area contributed by atoms with Gasteiger partial charge in [-0.3, -0.25) is 14.9 Å². The van der Waals surface area contributed by atoms with Crippen LogP contribution in [0.3, 0.4) is 0 Å². The standard InChI is InChI=1S/C20H23FN2O4/c1-13(2)10-15-4-6-16(7-5-15)14(3)22-20(24)12-27-19-11-17(21)8-9-18(19)23(25)26/h4-9,11,13-14H,10,12H2,1-3H3,(H,22,24). The Kier molecular flexibility index (Phi) is 6.87. The largest absolute Gasteiger partial charge is 0.477 e. The van der Waals surface area contributed by atoms with E-state index in [9.17, 15) is 19.3 Å². The minimum absolute atomic E-state index is 0.253. The number of nitro benzene ring substituents is 1. The highest BCUT2D eigenvalue weighted by atomic mass is 19.1. The highest BCUT2D eigenvalue weighted by molar-refractivity contribution is 5.78. The molecule has 0 spiro atoms. The molecule has 0 saturated carbocycles. The second kappa shape index (κ2) is 9.12. The van der Waals surface area contributed by atoms with Crippen molar-refractivity contribution < 1.29 is 18.8 Å². The topological polar surface area (TPSA) is 81.5 Å². The monoisotopic (exact) mass is 374 g/mol. The van der Waals surface area contributed by atoms with Crippen molar-refractivity contribution in [2.24, 2.45) is 5.92 Å². The van der Waals surface area contributed by atoms with Gasteiger partial charge < -0.3 is 10.1 Å². The van der Waals surface area contributed by atoms with Crippen LogP contribution in [0.4, 0.5) is 10.1 Å². The molecule has 0 radical (unpaired) electrons. The Hall–Kier alpha value is -2.96. The molecular formula is C20H23FN2O4. The Morgan fingerprint density at radius 2 is 1.85 bits per heavy atom. The normalized spacial score (nSPS) is 11.9. The number of amides is 1. The fraction of sp³-hybridized carbons (Fsp3) is 0.350. The number of rotatable bonds is 8. The molecule has 2 rings (SSSR count). The maximum Gasteiger partial charge on any atom is 0.311 e. The van der Waals surface area contributed by atoms with Crippen molar-refractivity contribution in [3.8, 4) is 5.75 Å². The van der Waals surface area contributed by atoms with Gasteiger partial charge in [-0.05, 0) is 36.5 Å². The Bertz CT molecular complexity index is 806. The molecule has 1 amide bonds. The van der Waals surface area contributed by atoms with Crippen molar-refractivity contribution in [3.63, 3.8) is 0 Å². The van der Waals surface area contributed by atoms with Gasteiger partial charge in [-0.15, -0.1) is 0 Å². The summed E-state index contributed by atoms with van der Waals surface area (Å²) < 4.78 is 18.4. The predicted molar refractivity (Wildman–Crippen MR) is 100 cm³/mol. The van der Waals surface area contributed by atoms with Crippen molar-refractivity contribution in [1.82, 2.24) is 5.32 Å². The number of benzene rings is 2. The molecule has 6 nitrogen and oxygen atoms in total. The Balaban J connectivity index is 1.94. The molecule has 0 fully saturated rings. The Morgan fingerprint density at radius 1 is 1.19 bits per heavy atom. The summed E-state index contributed by atoms with van der Waals surface area (Å²) in [7, 11) is 0. The van der Waals surface area contributed by atoms with Crippen LogP contribution in [0.25, 0.3) is 0 Å². The fourth-order valence-corrected chi connectivity index (χ4v) is 2.68. The van der Waals surface area contributed by atoms with E-state index in [2.05, 4.69) is 19.2 Å². The molecule has 0 bridgehead atoms. The zero-order valence-electron chi connectivity index (χ0n) is 15.6. The Morgan fingerprint density at radius 3 is 2.44 bits per heavy atom. The molecule has 144 valence electrons. The quantitative estimate of drug-likeness (QED) is 0.555. The number of nitrogens with one attached hydrogen (secondary N) is 1. The molecule has 7 heteroatoms. The number of carbonyl (C=O) groups is 1. The third-order valence-corrected chi connectivity index (χ3v) is 3.98. The van der Waals surface area contributed by atoms with E-state index in [4.69, 9.17) is 4.74 Å². The van der Waals surface area contributed by atoms with E-state index >= 15 is 0 Å². The molecule has 0 aliphatic rings. The first-order chi connectivity index (χ1) is 12.8. The van der Waals surface area contributed by atoms with Crippen LogP contribution < -0.4 is 10.1 Å². The second-order valence-electron chi connectivity index (χ2n) is 6.79. The van der Waals surface area contributed by atoms with Crippen LogP contribution >= 0.6 is 0 Å². The number of carbonyl (C=O) groups excluding carboxylic acids is 1. The first-order valence-electron chi connectivity index (χ1n) is 8.71. The maximum absolute atomic E-state index is 13.3. The second-order valence-corrected chi connectivity index (χ2v) is 6.79. The Labute approximate surface area is 157 Å². The van der Waals surface area contributed by atoms with Crippen LogP contribution in [0.1, 0.15) is 37.9 Å². The van der Waals surface area contributed by atoms with Crippen molar-refractivity contribution in [2.45, 2.75) is 33.2 Å². The summed E-state index contributed by atoms with van der Waals surface area (Å²) in [6.45, 7) is 5.69. The first kappa shape index (κ1) is 20.4. The molecule has 27 heavy (non-hydrogen) atoms. The van der Waals surface area contributed by atoms with Gasteiger partial charge in [-0.2, -0.15) is 0 Å². The van der Waals surface area contributed by atoms with Crippen LogP contribution in [0.15, 0.2) is 42.5 Å². The molecule has 1 atom stereocenters. The van der Waals surface area contributed by atoms with Gasteiger partial charge in [0.1, 0.15) is 5.82 Å². The smallest absolute Gasteiger partial charge is 0.311 e. The molecule has 2 aromatic carbocycles. The number of ether oxygens (including phenoxy) is 1. The summed E-state index contributed by atoms with van der Waals surface area (Å²) in [5, 5.41) is 13.7. The summed E-state index contributed by atoms with van der Waals surface area (Å²) in [6, 6.07) is 10.6. The van der Waals surface area contributed by atoms with Crippen LogP contribution in [-0.4, -0.2) is 17.4 Å². The SMILES string of the molecule is CC(C)Cc1ccc(C(C)NC(=O)COc2cc(F)ccc2[N+](=O)[O-])cc1. The van der Waals surface area contributed by atoms with Gasteiger partial charge in [-0.1, -0.05) is 38.1 Å². The van der Waals surface area contributed by atoms with E-state index in [0.717, 1.165) is 30.2 Å². The van der Waals surface area contributed by atoms with E-state index in [1.807, 2.05) is 31.2 Å². The lowest BCUT2D eigenvalue weighted by atomic mass is 10.00. The number of halogens is 1. The number of nitro groups is 1. The van der Waals surface area contributed by atoms with Crippen LogP contribution in [0.5, 0.6) is 5.75 Å². The number of hydrogen-bond donors (Lipinski definition) is 1. The van der Waals surface area contributed by atoms with Gasteiger partial charge in [0.25, 0.3) is 5.91 Å². The van der Waals surface area contributed by atoms with Gasteiger partial charge in [0.15, 0.2) is 6.61 Å². The average Bonchev–Trinajstić information content (AvgIpc) is 2.59. The molecule has 1 N–H and O–H groups in total. The lowest BCUT2D eigenvalue weighted by Gasteiger charge is -2.15. The molecule has 0 saturated heterocycles. The number of hydrogen-bond acceptors (Lipinski definition) is 4. The highest BCUT2D eigenvalue weighted by Gasteiger charge is 2.18. The van der Waals surface area contributed by atoms with E-state index in [1.165, 1.54) is 5.56 Å². The zero-order chi connectivity index (χ0) is 20.0. The molecule has 0 heterocycles. The van der Waals surface area contributed by atoms with Crippen LogP contribution in [0, 0.1) is 21.8 Å².